The van der Waals surface area contributed by atoms with E-state index in [2.05, 4.69) is 24.1 Å². The Labute approximate surface area is 184 Å². The SMILES string of the molecule is CN1CCC(Cc2ccc(C(=O)C=Cc3ccc(C=CC(=O)O)cc3)cc2)CC1.Cl. The maximum atomic E-state index is 12.4. The van der Waals surface area contributed by atoms with Crippen molar-refractivity contribution in [2.45, 2.75) is 19.3 Å². The highest BCUT2D eigenvalue weighted by atomic mass is 35.5. The Hall–Kier alpha value is -2.69. The van der Waals surface area contributed by atoms with Crippen molar-refractivity contribution in [1.29, 1.82) is 0 Å². The zero-order chi connectivity index (χ0) is 20.6. The van der Waals surface area contributed by atoms with Crippen molar-refractivity contribution >= 4 is 36.3 Å². The third-order valence-electron chi connectivity index (χ3n) is 5.38. The zero-order valence-corrected chi connectivity index (χ0v) is 18.0. The fourth-order valence-electron chi connectivity index (χ4n) is 3.56. The second-order valence-electron chi connectivity index (χ2n) is 7.68. The number of hydrogen-bond donors (Lipinski definition) is 1. The number of carboxylic acid groups (broad SMARTS) is 1. The highest BCUT2D eigenvalue weighted by molar-refractivity contribution is 6.06. The summed E-state index contributed by atoms with van der Waals surface area (Å²) in [7, 11) is 2.18. The van der Waals surface area contributed by atoms with Crippen LogP contribution in [-0.4, -0.2) is 41.9 Å². The number of nitrogens with zero attached hydrogens (tertiary/aromatic N) is 1. The van der Waals surface area contributed by atoms with Gasteiger partial charge in [0.2, 0.25) is 0 Å². The summed E-state index contributed by atoms with van der Waals surface area (Å²) in [6.07, 6.45) is 9.56. The van der Waals surface area contributed by atoms with Crippen LogP contribution in [0.3, 0.4) is 0 Å². The summed E-state index contributed by atoms with van der Waals surface area (Å²) in [6.45, 7) is 2.34. The van der Waals surface area contributed by atoms with Gasteiger partial charge in [-0.05, 0) is 74.2 Å². The fraction of sp³-hybridized carbons (Fsp3) is 0.280. The van der Waals surface area contributed by atoms with Gasteiger partial charge in [0.15, 0.2) is 5.78 Å². The predicted octanol–water partition coefficient (Wildman–Crippen LogP) is 4.99. The van der Waals surface area contributed by atoms with Crippen molar-refractivity contribution in [3.63, 3.8) is 0 Å². The van der Waals surface area contributed by atoms with E-state index in [-0.39, 0.29) is 18.2 Å². The average Bonchev–Trinajstić information content (AvgIpc) is 2.73. The van der Waals surface area contributed by atoms with Crippen molar-refractivity contribution < 1.29 is 14.7 Å². The number of carbonyl (C=O) groups excluding carboxylic acids is 1. The molecule has 0 unspecified atom stereocenters. The van der Waals surface area contributed by atoms with Gasteiger partial charge in [-0.25, -0.2) is 4.79 Å². The first-order valence-electron chi connectivity index (χ1n) is 10.0. The van der Waals surface area contributed by atoms with Crippen LogP contribution >= 0.6 is 12.4 Å². The smallest absolute Gasteiger partial charge is 0.328 e. The molecular formula is C25H28ClNO3. The van der Waals surface area contributed by atoms with E-state index >= 15 is 0 Å². The highest BCUT2D eigenvalue weighted by Crippen LogP contribution is 2.21. The summed E-state index contributed by atoms with van der Waals surface area (Å²) in [4.78, 5) is 25.4. The van der Waals surface area contributed by atoms with E-state index < -0.39 is 5.97 Å². The molecule has 0 amide bonds. The molecule has 0 saturated carbocycles. The van der Waals surface area contributed by atoms with Crippen LogP contribution in [0.15, 0.2) is 60.7 Å². The van der Waals surface area contributed by atoms with Crippen molar-refractivity contribution in [3.8, 4) is 0 Å². The molecule has 1 aliphatic heterocycles. The number of allylic oxidation sites excluding steroid dienone is 1. The summed E-state index contributed by atoms with van der Waals surface area (Å²) in [5.74, 6) is -0.261. The summed E-state index contributed by atoms with van der Waals surface area (Å²) >= 11 is 0. The molecule has 4 nitrogen and oxygen atoms in total. The molecule has 5 heteroatoms. The maximum absolute atomic E-state index is 12.4. The first-order valence-corrected chi connectivity index (χ1v) is 10.0. The van der Waals surface area contributed by atoms with Gasteiger partial charge in [0, 0.05) is 11.6 Å². The van der Waals surface area contributed by atoms with Crippen LogP contribution in [0.4, 0.5) is 0 Å². The normalized spacial score (nSPS) is 15.4. The number of ketones is 1. The topological polar surface area (TPSA) is 57.6 Å². The zero-order valence-electron chi connectivity index (χ0n) is 17.2. The first-order chi connectivity index (χ1) is 14.0. The van der Waals surface area contributed by atoms with E-state index in [4.69, 9.17) is 5.11 Å². The lowest BCUT2D eigenvalue weighted by Gasteiger charge is -2.28. The third kappa shape index (κ3) is 7.29. The standard InChI is InChI=1S/C25H27NO3.ClH/c1-26-16-14-22(15-17-26)18-21-6-10-23(11-7-21)24(27)12-8-19-2-4-20(5-3-19)9-13-25(28)29;/h2-13,22H,14-18H2,1H3,(H,28,29);1H. The Bertz CT molecular complexity index is 893. The molecule has 30 heavy (non-hydrogen) atoms. The van der Waals surface area contributed by atoms with Gasteiger partial charge >= 0.3 is 5.97 Å². The van der Waals surface area contributed by atoms with Crippen LogP contribution in [0, 0.1) is 5.92 Å². The minimum Gasteiger partial charge on any atom is -0.478 e. The van der Waals surface area contributed by atoms with Gasteiger partial charge in [0.25, 0.3) is 0 Å². The van der Waals surface area contributed by atoms with Crippen molar-refractivity contribution in [2.75, 3.05) is 20.1 Å². The number of hydrogen-bond acceptors (Lipinski definition) is 3. The Morgan fingerprint density at radius 2 is 1.47 bits per heavy atom. The number of rotatable bonds is 7. The van der Waals surface area contributed by atoms with Crippen molar-refractivity contribution in [2.24, 2.45) is 5.92 Å². The molecule has 0 aromatic heterocycles. The molecule has 3 rings (SSSR count). The molecule has 0 aliphatic carbocycles. The number of aliphatic carboxylic acids is 1. The molecule has 0 atom stereocenters. The quantitative estimate of drug-likeness (QED) is 0.501. The molecule has 1 N–H and O–H groups in total. The molecule has 1 saturated heterocycles. The van der Waals surface area contributed by atoms with E-state index in [1.54, 1.807) is 12.2 Å². The second-order valence-corrected chi connectivity index (χ2v) is 7.68. The van der Waals surface area contributed by atoms with E-state index in [0.29, 0.717) is 5.56 Å². The van der Waals surface area contributed by atoms with E-state index in [0.717, 1.165) is 29.5 Å². The monoisotopic (exact) mass is 425 g/mol. The molecule has 0 radical (unpaired) electrons. The van der Waals surface area contributed by atoms with Crippen LogP contribution in [0.25, 0.3) is 12.2 Å². The lowest BCUT2D eigenvalue weighted by atomic mass is 9.90. The van der Waals surface area contributed by atoms with Gasteiger partial charge < -0.3 is 10.0 Å². The predicted molar refractivity (Wildman–Crippen MR) is 124 cm³/mol. The lowest BCUT2D eigenvalue weighted by molar-refractivity contribution is -0.131. The van der Waals surface area contributed by atoms with Crippen LogP contribution in [0.5, 0.6) is 0 Å². The Balaban J connectivity index is 0.00000320. The fourth-order valence-corrected chi connectivity index (χ4v) is 3.56. The average molecular weight is 426 g/mol. The third-order valence-corrected chi connectivity index (χ3v) is 5.38. The van der Waals surface area contributed by atoms with Crippen LogP contribution in [0.2, 0.25) is 0 Å². The highest BCUT2D eigenvalue weighted by Gasteiger charge is 2.16. The minimum absolute atomic E-state index is 0. The van der Waals surface area contributed by atoms with E-state index in [1.165, 1.54) is 37.6 Å². The van der Waals surface area contributed by atoms with Crippen LogP contribution in [-0.2, 0) is 11.2 Å². The summed E-state index contributed by atoms with van der Waals surface area (Å²) in [6, 6.07) is 15.3. The number of benzene rings is 2. The van der Waals surface area contributed by atoms with Gasteiger partial charge in [0.05, 0.1) is 0 Å². The number of likely N-dealkylation sites (tertiary alicyclic amines) is 1. The molecule has 2 aromatic rings. The van der Waals surface area contributed by atoms with Gasteiger partial charge in [-0.15, -0.1) is 12.4 Å². The first kappa shape index (κ1) is 23.6. The molecule has 0 bridgehead atoms. The van der Waals surface area contributed by atoms with Crippen LogP contribution < -0.4 is 0 Å². The number of halogens is 1. The van der Waals surface area contributed by atoms with E-state index in [9.17, 15) is 9.59 Å². The Morgan fingerprint density at radius 1 is 0.933 bits per heavy atom. The number of carbonyl (C=O) groups is 2. The second kappa shape index (κ2) is 11.5. The number of carboxylic acids is 1. The molecule has 0 spiro atoms. The summed E-state index contributed by atoms with van der Waals surface area (Å²) in [5, 5.41) is 8.65. The molecular weight excluding hydrogens is 398 g/mol. The van der Waals surface area contributed by atoms with Gasteiger partial charge in [-0.1, -0.05) is 54.6 Å². The number of piperidine rings is 1. The Morgan fingerprint density at radius 3 is 2.00 bits per heavy atom. The van der Waals surface area contributed by atoms with Gasteiger partial charge in [0.1, 0.15) is 0 Å². The summed E-state index contributed by atoms with van der Waals surface area (Å²) < 4.78 is 0. The molecule has 1 heterocycles. The molecule has 2 aromatic carbocycles. The van der Waals surface area contributed by atoms with E-state index in [1.807, 2.05) is 36.4 Å². The lowest BCUT2D eigenvalue weighted by Crippen LogP contribution is -2.30. The largest absolute Gasteiger partial charge is 0.478 e. The minimum atomic E-state index is -0.975. The maximum Gasteiger partial charge on any atom is 0.328 e. The Kier molecular flexibility index (Phi) is 9.03. The summed E-state index contributed by atoms with van der Waals surface area (Å²) in [5.41, 5.74) is 3.68. The van der Waals surface area contributed by atoms with Crippen molar-refractivity contribution in [3.05, 3.63) is 82.9 Å². The van der Waals surface area contributed by atoms with Gasteiger partial charge in [-0.2, -0.15) is 0 Å². The molecule has 1 aliphatic rings. The van der Waals surface area contributed by atoms with Crippen LogP contribution in [0.1, 0.15) is 39.9 Å². The van der Waals surface area contributed by atoms with Gasteiger partial charge in [-0.3, -0.25) is 4.79 Å². The van der Waals surface area contributed by atoms with Crippen molar-refractivity contribution in [1.82, 2.24) is 4.90 Å². The molecule has 1 fully saturated rings. The molecule has 158 valence electrons.